The SMILES string of the molecule is Cc1cc(N2CCN(c3nc(-c4ccc(Br)cc4)cs3)CC2)c2ccccc2n1. The first kappa shape index (κ1) is 18.6. The summed E-state index contributed by atoms with van der Waals surface area (Å²) in [7, 11) is 0. The molecule has 1 aliphatic rings. The number of halogens is 1. The highest BCUT2D eigenvalue weighted by Crippen LogP contribution is 2.31. The van der Waals surface area contributed by atoms with Gasteiger partial charge in [0.2, 0.25) is 0 Å². The number of benzene rings is 2. The highest BCUT2D eigenvalue weighted by molar-refractivity contribution is 9.10. The van der Waals surface area contributed by atoms with Gasteiger partial charge in [0.15, 0.2) is 5.13 Å². The maximum Gasteiger partial charge on any atom is 0.185 e. The van der Waals surface area contributed by atoms with Crippen LogP contribution in [0.3, 0.4) is 0 Å². The van der Waals surface area contributed by atoms with Crippen LogP contribution >= 0.6 is 27.3 Å². The van der Waals surface area contributed by atoms with Crippen LogP contribution < -0.4 is 9.80 Å². The summed E-state index contributed by atoms with van der Waals surface area (Å²) in [6.45, 7) is 6.00. The Hall–Kier alpha value is -2.44. The lowest BCUT2D eigenvalue weighted by Gasteiger charge is -2.36. The molecule has 3 heterocycles. The summed E-state index contributed by atoms with van der Waals surface area (Å²) >= 11 is 5.23. The molecule has 1 aliphatic heterocycles. The van der Waals surface area contributed by atoms with Crippen molar-refractivity contribution in [3.05, 3.63) is 70.1 Å². The van der Waals surface area contributed by atoms with Gasteiger partial charge in [-0.2, -0.15) is 0 Å². The fourth-order valence-electron chi connectivity index (χ4n) is 3.85. The Labute approximate surface area is 183 Å². The predicted octanol–water partition coefficient (Wildman–Crippen LogP) is 5.76. The van der Waals surface area contributed by atoms with Gasteiger partial charge in [-0.25, -0.2) is 4.98 Å². The summed E-state index contributed by atoms with van der Waals surface area (Å²) < 4.78 is 1.09. The standard InChI is InChI=1S/C23H21BrN4S/c1-16-14-22(19-4-2-3-5-20(19)25-16)27-10-12-28(13-11-27)23-26-21(15-29-23)17-6-8-18(24)9-7-17/h2-9,14-15H,10-13H2,1H3. The van der Waals surface area contributed by atoms with Crippen molar-refractivity contribution in [2.75, 3.05) is 36.0 Å². The molecule has 5 rings (SSSR count). The number of anilines is 2. The molecule has 2 aromatic heterocycles. The van der Waals surface area contributed by atoms with Crippen LogP contribution in [0.1, 0.15) is 5.69 Å². The van der Waals surface area contributed by atoms with Crippen LogP contribution in [0.2, 0.25) is 0 Å². The summed E-state index contributed by atoms with van der Waals surface area (Å²) in [6, 6.07) is 19.0. The van der Waals surface area contributed by atoms with Gasteiger partial charge in [0.05, 0.1) is 11.2 Å². The quantitative estimate of drug-likeness (QED) is 0.385. The van der Waals surface area contributed by atoms with E-state index in [1.54, 1.807) is 11.3 Å². The number of rotatable bonds is 3. The number of thiazole rings is 1. The summed E-state index contributed by atoms with van der Waals surface area (Å²) in [5.41, 5.74) is 5.65. The van der Waals surface area contributed by atoms with Crippen molar-refractivity contribution in [2.45, 2.75) is 6.92 Å². The number of fused-ring (bicyclic) bond motifs is 1. The first-order chi connectivity index (χ1) is 14.2. The van der Waals surface area contributed by atoms with E-state index in [-0.39, 0.29) is 0 Å². The van der Waals surface area contributed by atoms with Gasteiger partial charge in [0.25, 0.3) is 0 Å². The highest BCUT2D eigenvalue weighted by atomic mass is 79.9. The van der Waals surface area contributed by atoms with Gasteiger partial charge in [0.1, 0.15) is 0 Å². The van der Waals surface area contributed by atoms with Crippen LogP contribution in [-0.2, 0) is 0 Å². The third kappa shape index (κ3) is 3.74. The number of piperazine rings is 1. The van der Waals surface area contributed by atoms with Crippen LogP contribution in [0, 0.1) is 6.92 Å². The number of nitrogens with zero attached hydrogens (tertiary/aromatic N) is 4. The van der Waals surface area contributed by atoms with E-state index in [1.807, 2.05) is 0 Å². The molecular weight excluding hydrogens is 444 g/mol. The smallest absolute Gasteiger partial charge is 0.185 e. The lowest BCUT2D eigenvalue weighted by atomic mass is 10.1. The van der Waals surface area contributed by atoms with E-state index in [2.05, 4.69) is 97.6 Å². The summed E-state index contributed by atoms with van der Waals surface area (Å²) in [6.07, 6.45) is 0. The number of aromatic nitrogens is 2. The molecule has 2 aromatic carbocycles. The van der Waals surface area contributed by atoms with Crippen molar-refractivity contribution in [2.24, 2.45) is 0 Å². The minimum absolute atomic E-state index is 0.975. The maximum absolute atomic E-state index is 4.90. The summed E-state index contributed by atoms with van der Waals surface area (Å²) in [5, 5.41) is 4.50. The fraction of sp³-hybridized carbons (Fsp3) is 0.217. The topological polar surface area (TPSA) is 32.3 Å². The third-order valence-electron chi connectivity index (χ3n) is 5.35. The summed E-state index contributed by atoms with van der Waals surface area (Å²) in [5.74, 6) is 0. The molecule has 0 atom stereocenters. The van der Waals surface area contributed by atoms with Crippen LogP contribution in [0.4, 0.5) is 10.8 Å². The van der Waals surface area contributed by atoms with Gasteiger partial charge in [0, 0.05) is 58.4 Å². The van der Waals surface area contributed by atoms with E-state index in [1.165, 1.54) is 11.1 Å². The monoisotopic (exact) mass is 464 g/mol. The van der Waals surface area contributed by atoms with Crippen LogP contribution in [0.15, 0.2) is 64.5 Å². The van der Waals surface area contributed by atoms with Gasteiger partial charge in [-0.1, -0.05) is 46.3 Å². The Morgan fingerprint density at radius 2 is 1.62 bits per heavy atom. The highest BCUT2D eigenvalue weighted by Gasteiger charge is 2.21. The molecule has 0 bridgehead atoms. The minimum atomic E-state index is 0.975. The zero-order valence-corrected chi connectivity index (χ0v) is 18.6. The zero-order chi connectivity index (χ0) is 19.8. The second-order valence-corrected chi connectivity index (χ2v) is 9.05. The zero-order valence-electron chi connectivity index (χ0n) is 16.2. The molecule has 4 nitrogen and oxygen atoms in total. The van der Waals surface area contributed by atoms with E-state index >= 15 is 0 Å². The number of aryl methyl sites for hydroxylation is 1. The molecule has 6 heteroatoms. The molecule has 0 N–H and O–H groups in total. The Morgan fingerprint density at radius 1 is 0.897 bits per heavy atom. The molecule has 4 aromatic rings. The maximum atomic E-state index is 4.90. The number of hydrogen-bond acceptors (Lipinski definition) is 5. The molecule has 1 saturated heterocycles. The lowest BCUT2D eigenvalue weighted by Crippen LogP contribution is -2.46. The van der Waals surface area contributed by atoms with Crippen LogP contribution in [-0.4, -0.2) is 36.1 Å². The van der Waals surface area contributed by atoms with Crippen molar-refractivity contribution in [3.8, 4) is 11.3 Å². The normalized spacial score (nSPS) is 14.6. The average molecular weight is 465 g/mol. The molecule has 0 amide bonds. The Morgan fingerprint density at radius 3 is 2.41 bits per heavy atom. The number of para-hydroxylation sites is 1. The molecule has 0 aliphatic carbocycles. The largest absolute Gasteiger partial charge is 0.367 e. The van der Waals surface area contributed by atoms with Crippen LogP contribution in [0.25, 0.3) is 22.2 Å². The fourth-order valence-corrected chi connectivity index (χ4v) is 5.00. The van der Waals surface area contributed by atoms with Crippen molar-refractivity contribution < 1.29 is 0 Å². The van der Waals surface area contributed by atoms with E-state index in [4.69, 9.17) is 4.98 Å². The Bertz CT molecular complexity index is 1150. The predicted molar refractivity (Wildman–Crippen MR) is 126 cm³/mol. The Balaban J connectivity index is 1.33. The van der Waals surface area contributed by atoms with Crippen molar-refractivity contribution in [3.63, 3.8) is 0 Å². The second-order valence-electron chi connectivity index (χ2n) is 7.30. The lowest BCUT2D eigenvalue weighted by molar-refractivity contribution is 0.653. The first-order valence-electron chi connectivity index (χ1n) is 9.75. The van der Waals surface area contributed by atoms with E-state index in [9.17, 15) is 0 Å². The van der Waals surface area contributed by atoms with Gasteiger partial charge >= 0.3 is 0 Å². The molecule has 1 fully saturated rings. The third-order valence-corrected chi connectivity index (χ3v) is 6.78. The summed E-state index contributed by atoms with van der Waals surface area (Å²) in [4.78, 5) is 14.5. The minimum Gasteiger partial charge on any atom is -0.367 e. The Kier molecular flexibility index (Phi) is 4.97. The van der Waals surface area contributed by atoms with Gasteiger partial charge < -0.3 is 9.80 Å². The molecule has 0 radical (unpaired) electrons. The van der Waals surface area contributed by atoms with E-state index in [0.29, 0.717) is 0 Å². The van der Waals surface area contributed by atoms with E-state index in [0.717, 1.165) is 58.3 Å². The number of pyridine rings is 1. The van der Waals surface area contributed by atoms with Gasteiger partial charge in [-0.15, -0.1) is 11.3 Å². The van der Waals surface area contributed by atoms with Gasteiger partial charge in [-0.05, 0) is 31.2 Å². The van der Waals surface area contributed by atoms with Crippen LogP contribution in [0.5, 0.6) is 0 Å². The second kappa shape index (κ2) is 7.76. The molecule has 0 spiro atoms. The van der Waals surface area contributed by atoms with Gasteiger partial charge in [-0.3, -0.25) is 4.98 Å². The average Bonchev–Trinajstić information content (AvgIpc) is 3.24. The van der Waals surface area contributed by atoms with Crippen molar-refractivity contribution in [1.29, 1.82) is 0 Å². The molecular formula is C23H21BrN4S. The van der Waals surface area contributed by atoms with Crippen molar-refractivity contribution >= 4 is 49.0 Å². The molecule has 0 saturated carbocycles. The molecule has 29 heavy (non-hydrogen) atoms. The molecule has 0 unspecified atom stereocenters. The first-order valence-corrected chi connectivity index (χ1v) is 11.4. The van der Waals surface area contributed by atoms with Crippen molar-refractivity contribution in [1.82, 2.24) is 9.97 Å². The molecule has 146 valence electrons. The van der Waals surface area contributed by atoms with E-state index < -0.39 is 0 Å². The number of hydrogen-bond donors (Lipinski definition) is 0.